The van der Waals surface area contributed by atoms with Crippen LogP contribution in [-0.4, -0.2) is 28.8 Å². The minimum Gasteiger partial charge on any atom is -0.462 e. The summed E-state index contributed by atoms with van der Waals surface area (Å²) in [6.07, 6.45) is 1.88. The van der Waals surface area contributed by atoms with Gasteiger partial charge in [0.1, 0.15) is 10.6 Å². The molecule has 0 amide bonds. The molecule has 0 aromatic carbocycles. The summed E-state index contributed by atoms with van der Waals surface area (Å²) < 4.78 is 5.60. The molecule has 0 aliphatic heterocycles. The molecule has 0 fully saturated rings. The molecule has 82 valence electrons. The molecule has 1 aromatic heterocycles. The molecule has 1 aromatic rings. The molecule has 0 radical (unpaired) electrons. The van der Waals surface area contributed by atoms with E-state index in [1.54, 1.807) is 13.8 Å². The fourth-order valence-electron chi connectivity index (χ4n) is 1.10. The van der Waals surface area contributed by atoms with Crippen molar-refractivity contribution in [2.45, 2.75) is 18.9 Å². The summed E-state index contributed by atoms with van der Waals surface area (Å²) in [6.45, 7) is 3.92. The summed E-state index contributed by atoms with van der Waals surface area (Å²) in [5.74, 6) is -0.351. The Labute approximate surface area is 106 Å². The number of thioether (sulfide) groups is 1. The Morgan fingerprint density at radius 3 is 2.73 bits per heavy atom. The van der Waals surface area contributed by atoms with Gasteiger partial charge in [0, 0.05) is 22.6 Å². The number of rotatable bonds is 3. The first-order valence-electron chi connectivity index (χ1n) is 4.35. The van der Waals surface area contributed by atoms with E-state index in [2.05, 4.69) is 9.97 Å². The number of esters is 1. The minimum atomic E-state index is -0.351. The van der Waals surface area contributed by atoms with E-state index < -0.39 is 0 Å². The highest BCUT2D eigenvalue weighted by Gasteiger charge is 2.18. The summed E-state index contributed by atoms with van der Waals surface area (Å²) in [4.78, 5) is 20.0. The van der Waals surface area contributed by atoms with Crippen molar-refractivity contribution in [1.29, 1.82) is 0 Å². The van der Waals surface area contributed by atoms with Crippen molar-refractivity contribution in [1.82, 2.24) is 9.97 Å². The van der Waals surface area contributed by atoms with Crippen molar-refractivity contribution in [3.8, 4) is 0 Å². The summed E-state index contributed by atoms with van der Waals surface area (Å²) >= 11 is 3.45. The van der Waals surface area contributed by atoms with Crippen LogP contribution >= 0.6 is 34.4 Å². The standard InChI is InChI=1S/C9H11IN2O2S/c1-4-14-8(13)6-5(2)11-9(10)12-7(6)15-3/h4H2,1-3H3. The minimum absolute atomic E-state index is 0.351. The van der Waals surface area contributed by atoms with Crippen molar-refractivity contribution >= 4 is 40.3 Å². The van der Waals surface area contributed by atoms with Crippen LogP contribution in [0.3, 0.4) is 0 Å². The molecule has 0 aliphatic rings. The third kappa shape index (κ3) is 3.04. The number of ether oxygens (including phenoxy) is 1. The Morgan fingerprint density at radius 2 is 2.20 bits per heavy atom. The lowest BCUT2D eigenvalue weighted by Gasteiger charge is -2.08. The maximum atomic E-state index is 11.6. The van der Waals surface area contributed by atoms with Crippen LogP contribution in [-0.2, 0) is 4.74 Å². The van der Waals surface area contributed by atoms with Gasteiger partial charge >= 0.3 is 5.97 Å². The Hall–Kier alpha value is -0.370. The first-order valence-corrected chi connectivity index (χ1v) is 6.65. The molecule has 0 saturated carbocycles. The smallest absolute Gasteiger partial charge is 0.342 e. The van der Waals surface area contributed by atoms with Crippen LogP contribution in [0, 0.1) is 10.8 Å². The second-order valence-electron chi connectivity index (χ2n) is 2.68. The lowest BCUT2D eigenvalue weighted by molar-refractivity contribution is 0.0519. The highest BCUT2D eigenvalue weighted by Crippen LogP contribution is 2.21. The first kappa shape index (κ1) is 12.7. The Balaban J connectivity index is 3.20. The van der Waals surface area contributed by atoms with Gasteiger partial charge in [-0.25, -0.2) is 14.8 Å². The van der Waals surface area contributed by atoms with Crippen molar-refractivity contribution in [3.63, 3.8) is 0 Å². The predicted molar refractivity (Wildman–Crippen MR) is 67.2 cm³/mol. The van der Waals surface area contributed by atoms with Crippen LogP contribution in [0.1, 0.15) is 23.0 Å². The SMILES string of the molecule is CCOC(=O)c1c(C)nc(I)nc1SC. The number of aryl methyl sites for hydroxylation is 1. The lowest BCUT2D eigenvalue weighted by atomic mass is 10.2. The van der Waals surface area contributed by atoms with Crippen molar-refractivity contribution in [2.24, 2.45) is 0 Å². The van der Waals surface area contributed by atoms with E-state index >= 15 is 0 Å². The predicted octanol–water partition coefficient (Wildman–Crippen LogP) is 2.29. The molecule has 0 aliphatic carbocycles. The Bertz CT molecular complexity index is 385. The lowest BCUT2D eigenvalue weighted by Crippen LogP contribution is -2.12. The zero-order chi connectivity index (χ0) is 11.4. The highest BCUT2D eigenvalue weighted by molar-refractivity contribution is 14.1. The van der Waals surface area contributed by atoms with Crippen LogP contribution in [0.25, 0.3) is 0 Å². The van der Waals surface area contributed by atoms with Gasteiger partial charge in [-0.15, -0.1) is 11.8 Å². The summed E-state index contributed by atoms with van der Waals surface area (Å²) in [7, 11) is 0. The molecule has 0 bridgehead atoms. The Morgan fingerprint density at radius 1 is 1.53 bits per heavy atom. The zero-order valence-corrected chi connectivity index (χ0v) is 11.7. The number of halogens is 1. The summed E-state index contributed by atoms with van der Waals surface area (Å²) in [6, 6.07) is 0. The second kappa shape index (κ2) is 5.64. The van der Waals surface area contributed by atoms with E-state index in [4.69, 9.17) is 4.74 Å². The van der Waals surface area contributed by atoms with Gasteiger partial charge in [0.05, 0.1) is 12.3 Å². The van der Waals surface area contributed by atoms with Crippen LogP contribution in [0.15, 0.2) is 5.03 Å². The van der Waals surface area contributed by atoms with E-state index in [-0.39, 0.29) is 5.97 Å². The number of hydrogen-bond donors (Lipinski definition) is 0. The van der Waals surface area contributed by atoms with Gasteiger partial charge in [0.2, 0.25) is 0 Å². The molecule has 15 heavy (non-hydrogen) atoms. The third-order valence-electron chi connectivity index (χ3n) is 1.70. The van der Waals surface area contributed by atoms with Crippen LogP contribution in [0.4, 0.5) is 0 Å². The summed E-state index contributed by atoms with van der Waals surface area (Å²) in [5, 5.41) is 0.672. The molecule has 1 heterocycles. The molecule has 0 unspecified atom stereocenters. The van der Waals surface area contributed by atoms with E-state index in [0.29, 0.717) is 26.7 Å². The van der Waals surface area contributed by atoms with Gasteiger partial charge in [0.25, 0.3) is 0 Å². The monoisotopic (exact) mass is 338 g/mol. The molecule has 1 rings (SSSR count). The summed E-state index contributed by atoms with van der Waals surface area (Å²) in [5.41, 5.74) is 1.14. The van der Waals surface area contributed by atoms with E-state index in [1.807, 2.05) is 28.8 Å². The van der Waals surface area contributed by atoms with Crippen molar-refractivity contribution < 1.29 is 9.53 Å². The largest absolute Gasteiger partial charge is 0.462 e. The van der Waals surface area contributed by atoms with Crippen LogP contribution in [0.2, 0.25) is 0 Å². The average Bonchev–Trinajstić information content (AvgIpc) is 2.16. The number of carbonyl (C=O) groups excluding carboxylic acids is 1. The van der Waals surface area contributed by atoms with E-state index in [0.717, 1.165) is 0 Å². The molecular weight excluding hydrogens is 327 g/mol. The quantitative estimate of drug-likeness (QED) is 0.278. The Kier molecular flexibility index (Phi) is 4.78. The molecule has 0 saturated heterocycles. The topological polar surface area (TPSA) is 52.1 Å². The molecule has 0 spiro atoms. The normalized spacial score (nSPS) is 10.1. The fourth-order valence-corrected chi connectivity index (χ4v) is 2.48. The molecule has 0 atom stereocenters. The number of aromatic nitrogens is 2. The van der Waals surface area contributed by atoms with Gasteiger partial charge in [-0.3, -0.25) is 0 Å². The molecule has 0 N–H and O–H groups in total. The van der Waals surface area contributed by atoms with Crippen molar-refractivity contribution in [3.05, 3.63) is 15.1 Å². The van der Waals surface area contributed by atoms with Crippen molar-refractivity contribution in [2.75, 3.05) is 12.9 Å². The van der Waals surface area contributed by atoms with Crippen LogP contribution in [0.5, 0.6) is 0 Å². The number of nitrogens with zero attached hydrogens (tertiary/aromatic N) is 2. The maximum Gasteiger partial charge on any atom is 0.342 e. The van der Waals surface area contributed by atoms with Gasteiger partial charge in [0.15, 0.2) is 3.83 Å². The second-order valence-corrected chi connectivity index (χ2v) is 4.44. The molecule has 4 nitrogen and oxygen atoms in total. The molecule has 6 heteroatoms. The van der Waals surface area contributed by atoms with E-state index in [1.165, 1.54) is 11.8 Å². The van der Waals surface area contributed by atoms with Crippen LogP contribution < -0.4 is 0 Å². The van der Waals surface area contributed by atoms with Gasteiger partial charge < -0.3 is 4.74 Å². The first-order chi connectivity index (χ1) is 7.10. The third-order valence-corrected chi connectivity index (χ3v) is 2.87. The zero-order valence-electron chi connectivity index (χ0n) is 8.70. The van der Waals surface area contributed by atoms with Gasteiger partial charge in [-0.2, -0.15) is 0 Å². The number of hydrogen-bond acceptors (Lipinski definition) is 5. The highest BCUT2D eigenvalue weighted by atomic mass is 127. The fraction of sp³-hybridized carbons (Fsp3) is 0.444. The maximum absolute atomic E-state index is 11.6. The number of carbonyl (C=O) groups is 1. The van der Waals surface area contributed by atoms with Gasteiger partial charge in [-0.1, -0.05) is 0 Å². The molecular formula is C9H11IN2O2S. The van der Waals surface area contributed by atoms with Gasteiger partial charge in [-0.05, 0) is 20.1 Å². The van der Waals surface area contributed by atoms with E-state index in [9.17, 15) is 4.79 Å². The average molecular weight is 338 g/mol.